The lowest BCUT2D eigenvalue weighted by atomic mass is 10.3. The topological polar surface area (TPSA) is 80.7 Å². The molecule has 0 spiro atoms. The Bertz CT molecular complexity index is 765. The fourth-order valence-corrected chi connectivity index (χ4v) is 1.57. The van der Waals surface area contributed by atoms with Crippen LogP contribution in [-0.4, -0.2) is 14.1 Å². The smallest absolute Gasteiger partial charge is 0.268 e. The molecule has 0 saturated carbocycles. The van der Waals surface area contributed by atoms with Gasteiger partial charge in [-0.2, -0.15) is 5.26 Å². The molecule has 0 aromatic carbocycles. The fourth-order valence-electron chi connectivity index (χ4n) is 1.57. The van der Waals surface area contributed by atoms with Crippen molar-refractivity contribution in [3.63, 3.8) is 0 Å². The number of nitrogens with zero attached hydrogens (tertiary/aromatic N) is 4. The summed E-state index contributed by atoms with van der Waals surface area (Å²) in [5.41, 5.74) is -0.490. The summed E-state index contributed by atoms with van der Waals surface area (Å²) in [7, 11) is 1.33. The molecule has 6 nitrogen and oxygen atoms in total. The third kappa shape index (κ3) is 1.82. The Hall–Kier alpha value is -2.68. The SMILES string of the molecule is Cc1cccc(-n2cc(C#N)c(=O)n(C)c2=O)n1. The Morgan fingerprint density at radius 3 is 2.67 bits per heavy atom. The molecule has 0 aliphatic heterocycles. The van der Waals surface area contributed by atoms with Gasteiger partial charge in [0.05, 0.1) is 0 Å². The molecule has 0 bridgehead atoms. The van der Waals surface area contributed by atoms with Crippen molar-refractivity contribution in [2.24, 2.45) is 7.05 Å². The van der Waals surface area contributed by atoms with E-state index in [1.165, 1.54) is 17.8 Å². The number of hydrogen-bond donors (Lipinski definition) is 0. The van der Waals surface area contributed by atoms with Crippen LogP contribution in [0.4, 0.5) is 0 Å². The number of hydrogen-bond acceptors (Lipinski definition) is 4. The normalized spacial score (nSPS) is 10.1. The summed E-state index contributed by atoms with van der Waals surface area (Å²) >= 11 is 0. The minimum absolute atomic E-state index is 0.0968. The molecular formula is C12H10N4O2. The van der Waals surface area contributed by atoms with Crippen molar-refractivity contribution in [2.45, 2.75) is 6.92 Å². The van der Waals surface area contributed by atoms with Gasteiger partial charge in [0.15, 0.2) is 0 Å². The van der Waals surface area contributed by atoms with E-state index in [4.69, 9.17) is 5.26 Å². The Kier molecular flexibility index (Phi) is 2.81. The maximum Gasteiger partial charge on any atom is 0.336 e. The van der Waals surface area contributed by atoms with E-state index >= 15 is 0 Å². The molecule has 0 atom stereocenters. The summed E-state index contributed by atoms with van der Waals surface area (Å²) in [4.78, 5) is 27.7. The lowest BCUT2D eigenvalue weighted by molar-refractivity contribution is 0.715. The van der Waals surface area contributed by atoms with Gasteiger partial charge >= 0.3 is 5.69 Å². The second-order valence-electron chi connectivity index (χ2n) is 3.81. The van der Waals surface area contributed by atoms with Gasteiger partial charge in [-0.1, -0.05) is 6.07 Å². The van der Waals surface area contributed by atoms with Crippen LogP contribution in [0.15, 0.2) is 34.0 Å². The predicted molar refractivity (Wildman–Crippen MR) is 64.5 cm³/mol. The van der Waals surface area contributed by atoms with Gasteiger partial charge in [0.2, 0.25) is 0 Å². The summed E-state index contributed by atoms with van der Waals surface area (Å²) < 4.78 is 2.08. The van der Waals surface area contributed by atoms with Gasteiger partial charge < -0.3 is 0 Å². The van der Waals surface area contributed by atoms with Crippen LogP contribution in [0, 0.1) is 18.3 Å². The molecule has 0 unspecified atom stereocenters. The van der Waals surface area contributed by atoms with Crippen LogP contribution in [0.25, 0.3) is 5.82 Å². The van der Waals surface area contributed by atoms with E-state index in [2.05, 4.69) is 4.98 Å². The quantitative estimate of drug-likeness (QED) is 0.710. The maximum absolute atomic E-state index is 11.9. The fraction of sp³-hybridized carbons (Fsp3) is 0.167. The second kappa shape index (κ2) is 4.30. The number of aromatic nitrogens is 3. The van der Waals surface area contributed by atoms with E-state index in [0.717, 1.165) is 10.3 Å². The highest BCUT2D eigenvalue weighted by molar-refractivity contribution is 5.29. The van der Waals surface area contributed by atoms with Gasteiger partial charge in [-0.15, -0.1) is 0 Å². The van der Waals surface area contributed by atoms with Crippen molar-refractivity contribution in [1.82, 2.24) is 14.1 Å². The summed E-state index contributed by atoms with van der Waals surface area (Å²) in [6, 6.07) is 6.95. The van der Waals surface area contributed by atoms with Gasteiger partial charge in [0, 0.05) is 18.9 Å². The van der Waals surface area contributed by atoms with Crippen LogP contribution in [0.3, 0.4) is 0 Å². The zero-order valence-electron chi connectivity index (χ0n) is 9.91. The highest BCUT2D eigenvalue weighted by atomic mass is 16.2. The highest BCUT2D eigenvalue weighted by Crippen LogP contribution is 2.02. The van der Waals surface area contributed by atoms with Crippen LogP contribution in [0.1, 0.15) is 11.3 Å². The van der Waals surface area contributed by atoms with Crippen molar-refractivity contribution in [1.29, 1.82) is 5.26 Å². The van der Waals surface area contributed by atoms with Crippen LogP contribution >= 0.6 is 0 Å². The Balaban J connectivity index is 2.82. The number of aryl methyl sites for hydroxylation is 1. The lowest BCUT2D eigenvalue weighted by Crippen LogP contribution is -2.38. The molecule has 0 aliphatic carbocycles. The third-order valence-corrected chi connectivity index (χ3v) is 2.53. The summed E-state index contributed by atoms with van der Waals surface area (Å²) in [5, 5.41) is 8.86. The first-order chi connectivity index (χ1) is 8.54. The molecule has 90 valence electrons. The molecule has 0 N–H and O–H groups in total. The second-order valence-corrected chi connectivity index (χ2v) is 3.81. The van der Waals surface area contributed by atoms with E-state index in [1.807, 2.05) is 0 Å². The molecule has 18 heavy (non-hydrogen) atoms. The molecule has 0 amide bonds. The van der Waals surface area contributed by atoms with Crippen molar-refractivity contribution >= 4 is 0 Å². The monoisotopic (exact) mass is 242 g/mol. The van der Waals surface area contributed by atoms with Crippen molar-refractivity contribution in [3.8, 4) is 11.9 Å². The van der Waals surface area contributed by atoms with Gasteiger partial charge in [0.1, 0.15) is 17.5 Å². The first-order valence-electron chi connectivity index (χ1n) is 5.21. The van der Waals surface area contributed by atoms with E-state index < -0.39 is 11.2 Å². The number of pyridine rings is 1. The number of rotatable bonds is 1. The average Bonchev–Trinajstić information content (AvgIpc) is 2.36. The standard InChI is InChI=1S/C12H10N4O2/c1-8-4-3-5-10(14-8)16-7-9(6-13)11(17)15(2)12(16)18/h3-5,7H,1-2H3. The average molecular weight is 242 g/mol. The number of nitriles is 1. The zero-order valence-corrected chi connectivity index (χ0v) is 9.91. The zero-order chi connectivity index (χ0) is 13.3. The summed E-state index contributed by atoms with van der Waals surface area (Å²) in [6.07, 6.45) is 1.21. The minimum Gasteiger partial charge on any atom is -0.268 e. The molecule has 2 rings (SSSR count). The van der Waals surface area contributed by atoms with Crippen LogP contribution in [0.5, 0.6) is 0 Å². The Morgan fingerprint density at radius 1 is 1.33 bits per heavy atom. The van der Waals surface area contributed by atoms with Gasteiger partial charge in [-0.05, 0) is 19.1 Å². The van der Waals surface area contributed by atoms with Gasteiger partial charge in [-0.3, -0.25) is 13.9 Å². The summed E-state index contributed by atoms with van der Waals surface area (Å²) in [5.74, 6) is 0.382. The Labute approximate surface area is 102 Å². The first kappa shape index (κ1) is 11.8. The van der Waals surface area contributed by atoms with Crippen molar-refractivity contribution in [2.75, 3.05) is 0 Å². The van der Waals surface area contributed by atoms with Crippen molar-refractivity contribution in [3.05, 3.63) is 56.5 Å². The predicted octanol–water partition coefficient (Wildman–Crippen LogP) is 0.111. The minimum atomic E-state index is -0.605. The largest absolute Gasteiger partial charge is 0.336 e. The van der Waals surface area contributed by atoms with Crippen LogP contribution in [0.2, 0.25) is 0 Å². The molecule has 0 saturated heterocycles. The maximum atomic E-state index is 11.9. The van der Waals surface area contributed by atoms with Gasteiger partial charge in [-0.25, -0.2) is 9.78 Å². The van der Waals surface area contributed by atoms with Crippen LogP contribution in [-0.2, 0) is 7.05 Å². The first-order valence-corrected chi connectivity index (χ1v) is 5.21. The molecule has 2 aromatic heterocycles. The summed E-state index contributed by atoms with van der Waals surface area (Å²) in [6.45, 7) is 1.79. The van der Waals surface area contributed by atoms with E-state index in [1.54, 1.807) is 31.2 Å². The van der Waals surface area contributed by atoms with E-state index in [0.29, 0.717) is 5.82 Å². The van der Waals surface area contributed by atoms with Crippen LogP contribution < -0.4 is 11.2 Å². The van der Waals surface area contributed by atoms with E-state index in [-0.39, 0.29) is 5.56 Å². The van der Waals surface area contributed by atoms with E-state index in [9.17, 15) is 9.59 Å². The molecule has 2 aromatic rings. The lowest BCUT2D eigenvalue weighted by Gasteiger charge is -2.07. The molecule has 0 fully saturated rings. The molecule has 0 aliphatic rings. The van der Waals surface area contributed by atoms with Crippen molar-refractivity contribution < 1.29 is 0 Å². The molecule has 0 radical (unpaired) electrons. The Morgan fingerprint density at radius 2 is 2.06 bits per heavy atom. The van der Waals surface area contributed by atoms with Gasteiger partial charge in [0.25, 0.3) is 5.56 Å². The highest BCUT2D eigenvalue weighted by Gasteiger charge is 2.10. The molecule has 2 heterocycles. The molecular weight excluding hydrogens is 232 g/mol. The third-order valence-electron chi connectivity index (χ3n) is 2.53. The molecule has 6 heteroatoms.